The minimum atomic E-state index is -3.26. The van der Waals surface area contributed by atoms with Crippen LogP contribution >= 0.6 is 0 Å². The number of ketones is 1. The van der Waals surface area contributed by atoms with E-state index in [0.717, 1.165) is 30.2 Å². The largest absolute Gasteiger partial charge is 0.447 e. The van der Waals surface area contributed by atoms with E-state index in [1.807, 2.05) is 19.1 Å². The smallest absolute Gasteiger partial charge is 0.226 e. The first-order chi connectivity index (χ1) is 13.8. The van der Waals surface area contributed by atoms with Crippen molar-refractivity contribution in [3.8, 4) is 11.4 Å². The maximum Gasteiger partial charge on any atom is 0.226 e. The Morgan fingerprint density at radius 3 is 2.79 bits per heavy atom. The van der Waals surface area contributed by atoms with Crippen LogP contribution in [0.25, 0.3) is 11.4 Å². The lowest BCUT2D eigenvalue weighted by Crippen LogP contribution is -2.07. The normalized spacial score (nSPS) is 16.1. The molecule has 9 heteroatoms. The average molecular weight is 415 g/mol. The van der Waals surface area contributed by atoms with Crippen molar-refractivity contribution in [1.82, 2.24) is 15.1 Å². The molecule has 0 aliphatic heterocycles. The van der Waals surface area contributed by atoms with Crippen molar-refractivity contribution in [2.75, 3.05) is 6.26 Å². The number of carbonyl (C=O) groups excluding carboxylic acids is 1. The highest BCUT2D eigenvalue weighted by Gasteiger charge is 2.27. The monoisotopic (exact) mass is 415 g/mol. The molecule has 1 aliphatic carbocycles. The van der Waals surface area contributed by atoms with Crippen LogP contribution in [0.15, 0.2) is 33.4 Å². The van der Waals surface area contributed by atoms with Gasteiger partial charge in [0.1, 0.15) is 17.7 Å². The number of nitrogens with zero attached hydrogens (tertiary/aromatic N) is 3. The number of rotatable bonds is 7. The Morgan fingerprint density at radius 1 is 1.24 bits per heavy atom. The summed E-state index contributed by atoms with van der Waals surface area (Å²) in [5, 5.41) is 4.02. The van der Waals surface area contributed by atoms with Crippen molar-refractivity contribution < 1.29 is 22.2 Å². The number of hydrogen-bond donors (Lipinski definition) is 0. The lowest BCUT2D eigenvalue weighted by Gasteiger charge is -2.10. The number of oxazole rings is 1. The first-order valence-corrected chi connectivity index (χ1v) is 11.5. The number of sulfone groups is 1. The number of fused-ring (bicyclic) bond motifs is 1. The molecule has 1 aromatic carbocycles. The zero-order valence-electron chi connectivity index (χ0n) is 16.2. The lowest BCUT2D eigenvalue weighted by molar-refractivity contribution is 0.0968. The van der Waals surface area contributed by atoms with Gasteiger partial charge in [-0.1, -0.05) is 24.2 Å². The molecule has 8 nitrogen and oxygen atoms in total. The van der Waals surface area contributed by atoms with Crippen LogP contribution in [0.3, 0.4) is 0 Å². The minimum absolute atomic E-state index is 0.0406. The van der Waals surface area contributed by atoms with Crippen molar-refractivity contribution in [2.24, 2.45) is 0 Å². The van der Waals surface area contributed by atoms with Crippen LogP contribution in [0.5, 0.6) is 0 Å². The second kappa shape index (κ2) is 7.55. The number of Topliss-reactive ketones (excluding diaryl/α,β-unsaturated/α-hetero) is 1. The zero-order chi connectivity index (χ0) is 20.6. The van der Waals surface area contributed by atoms with Gasteiger partial charge in [-0.3, -0.25) is 4.79 Å². The molecule has 0 bridgehead atoms. The summed E-state index contributed by atoms with van der Waals surface area (Å²) in [5.74, 6) is 0.848. The number of aromatic nitrogens is 3. The van der Waals surface area contributed by atoms with Gasteiger partial charge in [0.15, 0.2) is 15.6 Å². The predicted octanol–water partition coefficient (Wildman–Crippen LogP) is 3.13. The quantitative estimate of drug-likeness (QED) is 0.540. The Bertz CT molecular complexity index is 1160. The molecule has 152 valence electrons. The Hall–Kier alpha value is -2.81. The number of hydrogen-bond acceptors (Lipinski definition) is 8. The Labute approximate surface area is 168 Å². The fraction of sp³-hybridized carbons (Fsp3) is 0.400. The maximum atomic E-state index is 12.6. The van der Waals surface area contributed by atoms with Crippen LogP contribution in [0.1, 0.15) is 59.1 Å². The van der Waals surface area contributed by atoms with Crippen LogP contribution in [0, 0.1) is 0 Å². The van der Waals surface area contributed by atoms with Gasteiger partial charge < -0.3 is 8.94 Å². The van der Waals surface area contributed by atoms with Crippen LogP contribution in [-0.4, -0.2) is 35.6 Å². The molecule has 2 heterocycles. The van der Waals surface area contributed by atoms with Gasteiger partial charge in [0.05, 0.1) is 0 Å². The van der Waals surface area contributed by atoms with E-state index < -0.39 is 9.84 Å². The highest BCUT2D eigenvalue weighted by atomic mass is 32.2. The van der Waals surface area contributed by atoms with E-state index in [4.69, 9.17) is 8.94 Å². The molecular weight excluding hydrogens is 394 g/mol. The van der Waals surface area contributed by atoms with Gasteiger partial charge in [0.2, 0.25) is 17.6 Å². The van der Waals surface area contributed by atoms with Gasteiger partial charge in [-0.15, -0.1) is 0 Å². The SMILES string of the molecule is CCc1nc(-c2ccc3c(c2)CC[C@H]3CC(=O)c2coc(CS(C)(=O)=O)n2)no1. The van der Waals surface area contributed by atoms with Gasteiger partial charge in [-0.2, -0.15) is 4.98 Å². The van der Waals surface area contributed by atoms with Gasteiger partial charge in [0.25, 0.3) is 0 Å². The summed E-state index contributed by atoms with van der Waals surface area (Å²) in [5.41, 5.74) is 3.40. The predicted molar refractivity (Wildman–Crippen MR) is 104 cm³/mol. The second-order valence-corrected chi connectivity index (χ2v) is 9.48. The van der Waals surface area contributed by atoms with E-state index in [0.29, 0.717) is 24.6 Å². The molecule has 0 saturated heterocycles. The van der Waals surface area contributed by atoms with E-state index in [2.05, 4.69) is 21.2 Å². The molecule has 2 aromatic heterocycles. The van der Waals surface area contributed by atoms with Gasteiger partial charge in [0, 0.05) is 24.7 Å². The molecule has 3 aromatic rings. The van der Waals surface area contributed by atoms with E-state index in [1.54, 1.807) is 0 Å². The van der Waals surface area contributed by atoms with Crippen molar-refractivity contribution in [3.63, 3.8) is 0 Å². The molecule has 0 saturated carbocycles. The molecule has 1 atom stereocenters. The second-order valence-electron chi connectivity index (χ2n) is 7.34. The fourth-order valence-electron chi connectivity index (χ4n) is 3.63. The third kappa shape index (κ3) is 4.29. The number of carbonyl (C=O) groups is 1. The summed E-state index contributed by atoms with van der Waals surface area (Å²) < 4.78 is 33.0. The zero-order valence-corrected chi connectivity index (χ0v) is 17.0. The summed E-state index contributed by atoms with van der Waals surface area (Å²) in [6.07, 6.45) is 5.07. The molecule has 0 spiro atoms. The molecule has 4 rings (SSSR count). The van der Waals surface area contributed by atoms with Crippen molar-refractivity contribution in [2.45, 2.75) is 44.3 Å². The highest BCUT2D eigenvalue weighted by molar-refractivity contribution is 7.89. The molecule has 0 amide bonds. The first-order valence-electron chi connectivity index (χ1n) is 9.43. The molecule has 1 aliphatic rings. The molecule has 0 N–H and O–H groups in total. The third-order valence-corrected chi connectivity index (χ3v) is 5.80. The molecule has 0 radical (unpaired) electrons. The number of aryl methyl sites for hydroxylation is 2. The summed E-state index contributed by atoms with van der Waals surface area (Å²) in [6, 6.07) is 6.03. The van der Waals surface area contributed by atoms with E-state index >= 15 is 0 Å². The van der Waals surface area contributed by atoms with Crippen LogP contribution < -0.4 is 0 Å². The van der Waals surface area contributed by atoms with E-state index in [1.165, 1.54) is 11.8 Å². The Balaban J connectivity index is 1.47. The van der Waals surface area contributed by atoms with Crippen LogP contribution in [0.4, 0.5) is 0 Å². The lowest BCUT2D eigenvalue weighted by atomic mass is 9.94. The topological polar surface area (TPSA) is 116 Å². The van der Waals surface area contributed by atoms with Gasteiger partial charge in [-0.05, 0) is 36.0 Å². The molecule has 0 fully saturated rings. The Kier molecular flexibility index (Phi) is 5.08. The highest BCUT2D eigenvalue weighted by Crippen LogP contribution is 2.38. The van der Waals surface area contributed by atoms with Crippen LogP contribution in [0.2, 0.25) is 0 Å². The molecule has 29 heavy (non-hydrogen) atoms. The first kappa shape index (κ1) is 19.5. The number of benzene rings is 1. The van der Waals surface area contributed by atoms with Crippen molar-refractivity contribution in [3.05, 3.63) is 53.1 Å². The summed E-state index contributed by atoms with van der Waals surface area (Å²) in [7, 11) is -3.26. The van der Waals surface area contributed by atoms with Crippen molar-refractivity contribution in [1.29, 1.82) is 0 Å². The maximum absolute atomic E-state index is 12.6. The van der Waals surface area contributed by atoms with Crippen LogP contribution in [-0.2, 0) is 28.4 Å². The van der Waals surface area contributed by atoms with E-state index in [9.17, 15) is 13.2 Å². The summed E-state index contributed by atoms with van der Waals surface area (Å²) in [6.45, 7) is 1.96. The van der Waals surface area contributed by atoms with Crippen molar-refractivity contribution >= 4 is 15.6 Å². The molecule has 0 unspecified atom stereocenters. The van der Waals surface area contributed by atoms with Gasteiger partial charge in [-0.25, -0.2) is 13.4 Å². The Morgan fingerprint density at radius 2 is 2.07 bits per heavy atom. The van der Waals surface area contributed by atoms with Gasteiger partial charge >= 0.3 is 0 Å². The average Bonchev–Trinajstić information content (AvgIpc) is 3.39. The fourth-order valence-corrected chi connectivity index (χ4v) is 4.21. The standard InChI is InChI=1S/C20H21N3O5S/c1-3-18-22-20(23-28-18)14-6-7-15-12(8-14)4-5-13(15)9-17(24)16-10-27-19(21-16)11-29(2,25)26/h6-8,10,13H,3-5,9,11H2,1-2H3/t13-/m0/s1. The summed E-state index contributed by atoms with van der Waals surface area (Å²) >= 11 is 0. The third-order valence-electron chi connectivity index (χ3n) is 5.03. The summed E-state index contributed by atoms with van der Waals surface area (Å²) in [4.78, 5) is 21.0. The molecular formula is C20H21N3O5S. The minimum Gasteiger partial charge on any atom is -0.447 e. The van der Waals surface area contributed by atoms with E-state index in [-0.39, 0.29) is 29.0 Å².